The summed E-state index contributed by atoms with van der Waals surface area (Å²) in [6.07, 6.45) is 5.34. The summed E-state index contributed by atoms with van der Waals surface area (Å²) < 4.78 is 0. The molecule has 0 aliphatic heterocycles. The van der Waals surface area contributed by atoms with Crippen molar-refractivity contribution in [3.8, 4) is 0 Å². The molecule has 1 fully saturated rings. The third-order valence-corrected chi connectivity index (χ3v) is 5.22. The summed E-state index contributed by atoms with van der Waals surface area (Å²) in [5.41, 5.74) is 7.68. The van der Waals surface area contributed by atoms with E-state index in [1.54, 1.807) is 24.3 Å². The quantitative estimate of drug-likeness (QED) is 0.814. The van der Waals surface area contributed by atoms with Gasteiger partial charge in [0, 0.05) is 27.1 Å². The van der Waals surface area contributed by atoms with Gasteiger partial charge in [-0.05, 0) is 55.3 Å². The molecule has 2 aromatic rings. The van der Waals surface area contributed by atoms with Crippen LogP contribution in [0.15, 0.2) is 53.4 Å². The number of carbonyl (C=O) groups is 1. The van der Waals surface area contributed by atoms with Gasteiger partial charge in [0.05, 0.1) is 0 Å². The molecule has 22 heavy (non-hydrogen) atoms. The smallest absolute Gasteiger partial charge is 0.255 e. The first-order valence-electron chi connectivity index (χ1n) is 7.64. The molecule has 0 radical (unpaired) electrons. The maximum atomic E-state index is 12.2. The van der Waals surface area contributed by atoms with Gasteiger partial charge in [0.1, 0.15) is 0 Å². The molecule has 3 nitrogen and oxygen atoms in total. The molecule has 1 aliphatic carbocycles. The van der Waals surface area contributed by atoms with Gasteiger partial charge >= 0.3 is 0 Å². The van der Waals surface area contributed by atoms with Gasteiger partial charge in [0.15, 0.2) is 0 Å². The molecular formula is C18H20N2OS. The van der Waals surface area contributed by atoms with E-state index in [1.165, 1.54) is 30.6 Å². The number of anilines is 2. The van der Waals surface area contributed by atoms with Gasteiger partial charge in [-0.2, -0.15) is 0 Å². The zero-order chi connectivity index (χ0) is 15.4. The van der Waals surface area contributed by atoms with Crippen molar-refractivity contribution in [2.75, 3.05) is 11.1 Å². The first-order valence-corrected chi connectivity index (χ1v) is 8.52. The van der Waals surface area contributed by atoms with Crippen LogP contribution in [0.5, 0.6) is 0 Å². The van der Waals surface area contributed by atoms with Crippen molar-refractivity contribution in [2.24, 2.45) is 0 Å². The summed E-state index contributed by atoms with van der Waals surface area (Å²) in [7, 11) is 0. The Morgan fingerprint density at radius 1 is 1.09 bits per heavy atom. The molecule has 3 N–H and O–H groups in total. The minimum Gasteiger partial charge on any atom is -0.399 e. The van der Waals surface area contributed by atoms with Crippen molar-refractivity contribution in [2.45, 2.75) is 35.8 Å². The minimum absolute atomic E-state index is 0.136. The van der Waals surface area contributed by atoms with Crippen LogP contribution in [-0.4, -0.2) is 11.2 Å². The van der Waals surface area contributed by atoms with Gasteiger partial charge in [-0.3, -0.25) is 4.79 Å². The average molecular weight is 312 g/mol. The highest BCUT2D eigenvalue weighted by atomic mass is 32.2. The fourth-order valence-electron chi connectivity index (χ4n) is 2.70. The van der Waals surface area contributed by atoms with Crippen molar-refractivity contribution >= 4 is 29.0 Å². The second-order valence-electron chi connectivity index (χ2n) is 5.63. The molecule has 0 unspecified atom stereocenters. The van der Waals surface area contributed by atoms with Crippen LogP contribution in [-0.2, 0) is 0 Å². The van der Waals surface area contributed by atoms with Gasteiger partial charge in [-0.1, -0.05) is 18.9 Å². The molecular weight excluding hydrogens is 292 g/mol. The lowest BCUT2D eigenvalue weighted by atomic mass is 10.2. The first-order chi connectivity index (χ1) is 10.7. The average Bonchev–Trinajstić information content (AvgIpc) is 3.02. The summed E-state index contributed by atoms with van der Waals surface area (Å²) in [4.78, 5) is 13.4. The second-order valence-corrected chi connectivity index (χ2v) is 7.00. The van der Waals surface area contributed by atoms with Crippen molar-refractivity contribution in [1.29, 1.82) is 0 Å². The summed E-state index contributed by atoms with van der Waals surface area (Å²) >= 11 is 1.95. The van der Waals surface area contributed by atoms with Crippen LogP contribution in [0.1, 0.15) is 36.0 Å². The normalized spacial score (nSPS) is 14.9. The number of nitrogen functional groups attached to an aromatic ring is 1. The summed E-state index contributed by atoms with van der Waals surface area (Å²) in [6.45, 7) is 0. The lowest BCUT2D eigenvalue weighted by Gasteiger charge is -2.10. The maximum Gasteiger partial charge on any atom is 0.255 e. The summed E-state index contributed by atoms with van der Waals surface area (Å²) in [6, 6.07) is 15.1. The molecule has 1 saturated carbocycles. The number of hydrogen-bond donors (Lipinski definition) is 2. The fraction of sp³-hybridized carbons (Fsp3) is 0.278. The Kier molecular flexibility index (Phi) is 4.68. The van der Waals surface area contributed by atoms with Gasteiger partial charge in [0.25, 0.3) is 5.91 Å². The molecule has 0 saturated heterocycles. The maximum absolute atomic E-state index is 12.2. The zero-order valence-electron chi connectivity index (χ0n) is 12.4. The third-order valence-electron chi connectivity index (χ3n) is 3.87. The number of nitrogens with one attached hydrogen (secondary N) is 1. The van der Waals surface area contributed by atoms with Gasteiger partial charge in [-0.15, -0.1) is 11.8 Å². The van der Waals surface area contributed by atoms with E-state index in [0.717, 1.165) is 10.9 Å². The Morgan fingerprint density at radius 3 is 2.50 bits per heavy atom. The van der Waals surface area contributed by atoms with Crippen molar-refractivity contribution in [3.05, 3.63) is 54.1 Å². The molecule has 1 aliphatic rings. The van der Waals surface area contributed by atoms with Gasteiger partial charge < -0.3 is 11.1 Å². The molecule has 114 valence electrons. The van der Waals surface area contributed by atoms with Crippen LogP contribution in [0.4, 0.5) is 11.4 Å². The second kappa shape index (κ2) is 6.88. The SMILES string of the molecule is Nc1cccc(C(=O)Nc2ccc(SC3CCCC3)cc2)c1. The number of nitrogens with two attached hydrogens (primary N) is 1. The van der Waals surface area contributed by atoms with E-state index in [2.05, 4.69) is 17.4 Å². The minimum atomic E-state index is -0.136. The lowest BCUT2D eigenvalue weighted by Crippen LogP contribution is -2.12. The fourth-order valence-corrected chi connectivity index (χ4v) is 3.95. The van der Waals surface area contributed by atoms with Crippen LogP contribution in [0.3, 0.4) is 0 Å². The number of rotatable bonds is 4. The van der Waals surface area contributed by atoms with E-state index < -0.39 is 0 Å². The van der Waals surface area contributed by atoms with Crippen LogP contribution in [0.25, 0.3) is 0 Å². The number of benzene rings is 2. The highest BCUT2D eigenvalue weighted by molar-refractivity contribution is 8.00. The predicted octanol–water partition coefficient (Wildman–Crippen LogP) is 4.56. The zero-order valence-corrected chi connectivity index (χ0v) is 13.2. The van der Waals surface area contributed by atoms with Crippen LogP contribution in [0.2, 0.25) is 0 Å². The van der Waals surface area contributed by atoms with Crippen LogP contribution in [0, 0.1) is 0 Å². The Hall–Kier alpha value is -1.94. The third kappa shape index (κ3) is 3.83. The molecule has 0 spiro atoms. The molecule has 4 heteroatoms. The van der Waals surface area contributed by atoms with E-state index >= 15 is 0 Å². The van der Waals surface area contributed by atoms with Crippen molar-refractivity contribution in [1.82, 2.24) is 0 Å². The number of amides is 1. The van der Waals surface area contributed by atoms with Crippen LogP contribution >= 0.6 is 11.8 Å². The van der Waals surface area contributed by atoms with E-state index in [9.17, 15) is 4.79 Å². The Labute approximate surface area is 135 Å². The molecule has 2 aromatic carbocycles. The first kappa shape index (κ1) is 15.0. The van der Waals surface area contributed by atoms with E-state index in [4.69, 9.17) is 5.73 Å². The lowest BCUT2D eigenvalue weighted by molar-refractivity contribution is 0.102. The molecule has 3 rings (SSSR count). The largest absolute Gasteiger partial charge is 0.399 e. The van der Waals surface area contributed by atoms with Crippen LogP contribution < -0.4 is 11.1 Å². The monoisotopic (exact) mass is 312 g/mol. The molecule has 0 atom stereocenters. The van der Waals surface area contributed by atoms with E-state index in [1.807, 2.05) is 23.9 Å². The van der Waals surface area contributed by atoms with E-state index in [0.29, 0.717) is 11.3 Å². The Balaban J connectivity index is 1.61. The topological polar surface area (TPSA) is 55.1 Å². The molecule has 0 heterocycles. The predicted molar refractivity (Wildman–Crippen MR) is 93.4 cm³/mol. The standard InChI is InChI=1S/C18H20N2OS/c19-14-5-3-4-13(12-14)18(21)20-15-8-10-17(11-9-15)22-16-6-1-2-7-16/h3-5,8-12,16H,1-2,6-7,19H2,(H,20,21). The molecule has 0 aromatic heterocycles. The number of carbonyl (C=O) groups excluding carboxylic acids is 1. The summed E-state index contributed by atoms with van der Waals surface area (Å²) in [5, 5.41) is 3.66. The summed E-state index contributed by atoms with van der Waals surface area (Å²) in [5.74, 6) is -0.136. The number of hydrogen-bond acceptors (Lipinski definition) is 3. The van der Waals surface area contributed by atoms with Gasteiger partial charge in [0.2, 0.25) is 0 Å². The van der Waals surface area contributed by atoms with Crippen molar-refractivity contribution < 1.29 is 4.79 Å². The highest BCUT2D eigenvalue weighted by Gasteiger charge is 2.16. The Morgan fingerprint density at radius 2 is 1.82 bits per heavy atom. The Bertz CT molecular complexity index is 648. The number of thioether (sulfide) groups is 1. The van der Waals surface area contributed by atoms with Crippen molar-refractivity contribution in [3.63, 3.8) is 0 Å². The van der Waals surface area contributed by atoms with E-state index in [-0.39, 0.29) is 5.91 Å². The highest BCUT2D eigenvalue weighted by Crippen LogP contribution is 2.34. The molecule has 1 amide bonds. The van der Waals surface area contributed by atoms with Gasteiger partial charge in [-0.25, -0.2) is 0 Å². The molecule has 0 bridgehead atoms.